The molecule has 2 aliphatic rings. The van der Waals surface area contributed by atoms with Gasteiger partial charge < -0.3 is 44.8 Å². The third-order valence-electron chi connectivity index (χ3n) is 3.78. The molecule has 9 nitrogen and oxygen atoms in total. The van der Waals surface area contributed by atoms with E-state index in [1.54, 1.807) is 0 Å². The van der Waals surface area contributed by atoms with Gasteiger partial charge in [0.05, 0.1) is 12.7 Å². The quantitative estimate of drug-likeness (QED) is 0.299. The standard InChI is InChI=1S/C12H22O9S/c1-22-3-5-7(15)9(17)12(20-5)21-10-8(16)6(14)4(2-13)19-11(10)18/h4-18H,2-3H2,1H3/t4?,5-,6-,7-,8+,9?,10?,11+,12-/m1/s1. The topological polar surface area (TPSA) is 149 Å². The lowest BCUT2D eigenvalue weighted by atomic mass is 9.99. The van der Waals surface area contributed by atoms with E-state index in [9.17, 15) is 25.5 Å². The number of hydrogen-bond acceptors (Lipinski definition) is 10. The first-order valence-electron chi connectivity index (χ1n) is 6.87. The van der Waals surface area contributed by atoms with Crippen LogP contribution in [0.5, 0.6) is 0 Å². The van der Waals surface area contributed by atoms with Gasteiger partial charge >= 0.3 is 0 Å². The van der Waals surface area contributed by atoms with Crippen LogP contribution < -0.4 is 0 Å². The molecule has 2 rings (SSSR count). The van der Waals surface area contributed by atoms with E-state index < -0.39 is 61.9 Å². The molecule has 22 heavy (non-hydrogen) atoms. The summed E-state index contributed by atoms with van der Waals surface area (Å²) in [5.74, 6) is 0.430. The minimum absolute atomic E-state index is 0.430. The van der Waals surface area contributed by atoms with Crippen molar-refractivity contribution in [2.24, 2.45) is 0 Å². The Labute approximate surface area is 131 Å². The Balaban J connectivity index is 2.00. The minimum Gasteiger partial charge on any atom is -0.394 e. The van der Waals surface area contributed by atoms with Gasteiger partial charge in [-0.3, -0.25) is 0 Å². The molecule has 0 aliphatic carbocycles. The number of aliphatic hydroxyl groups is 6. The van der Waals surface area contributed by atoms with E-state index in [1.807, 2.05) is 6.26 Å². The van der Waals surface area contributed by atoms with Crippen LogP contribution in [-0.2, 0) is 14.2 Å². The van der Waals surface area contributed by atoms with E-state index in [-0.39, 0.29) is 0 Å². The number of aliphatic hydroxyl groups excluding tert-OH is 6. The maximum atomic E-state index is 9.96. The highest BCUT2D eigenvalue weighted by molar-refractivity contribution is 7.98. The van der Waals surface area contributed by atoms with Crippen LogP contribution in [0, 0.1) is 0 Å². The largest absolute Gasteiger partial charge is 0.394 e. The Morgan fingerprint density at radius 2 is 1.55 bits per heavy atom. The molecule has 0 aromatic carbocycles. The van der Waals surface area contributed by atoms with Crippen molar-refractivity contribution in [1.29, 1.82) is 0 Å². The van der Waals surface area contributed by atoms with Gasteiger partial charge in [0.25, 0.3) is 0 Å². The van der Waals surface area contributed by atoms with E-state index in [0.29, 0.717) is 5.75 Å². The molecular weight excluding hydrogens is 320 g/mol. The third-order valence-corrected chi connectivity index (χ3v) is 4.45. The van der Waals surface area contributed by atoms with Gasteiger partial charge in [-0.25, -0.2) is 0 Å². The Kier molecular flexibility index (Phi) is 6.42. The SMILES string of the molecule is CSC[C@H]1O[C@H](OC2[C@@H](O)[C@H](O)C(CO)O[C@@H]2O)C(O)[C@@H]1O. The molecule has 0 radical (unpaired) electrons. The van der Waals surface area contributed by atoms with E-state index in [4.69, 9.17) is 19.3 Å². The van der Waals surface area contributed by atoms with Gasteiger partial charge in [-0.2, -0.15) is 11.8 Å². The van der Waals surface area contributed by atoms with Crippen LogP contribution in [0.15, 0.2) is 0 Å². The fraction of sp³-hybridized carbons (Fsp3) is 1.00. The van der Waals surface area contributed by atoms with E-state index in [0.717, 1.165) is 0 Å². The van der Waals surface area contributed by atoms with Crippen LogP contribution in [0.3, 0.4) is 0 Å². The van der Waals surface area contributed by atoms with Crippen molar-refractivity contribution in [3.63, 3.8) is 0 Å². The maximum Gasteiger partial charge on any atom is 0.187 e. The van der Waals surface area contributed by atoms with Gasteiger partial charge in [-0.1, -0.05) is 0 Å². The Hall–Kier alpha value is -0.0100. The average molecular weight is 342 g/mol. The monoisotopic (exact) mass is 342 g/mol. The first-order valence-corrected chi connectivity index (χ1v) is 8.26. The summed E-state index contributed by atoms with van der Waals surface area (Å²) in [7, 11) is 0. The van der Waals surface area contributed by atoms with E-state index >= 15 is 0 Å². The second-order valence-electron chi connectivity index (χ2n) is 5.31. The molecule has 0 aromatic rings. The summed E-state index contributed by atoms with van der Waals surface area (Å²) in [6, 6.07) is 0. The third kappa shape index (κ3) is 3.56. The van der Waals surface area contributed by atoms with Gasteiger partial charge in [0, 0.05) is 5.75 Å². The van der Waals surface area contributed by atoms with Crippen molar-refractivity contribution in [3.8, 4) is 0 Å². The zero-order chi connectivity index (χ0) is 16.4. The summed E-state index contributed by atoms with van der Waals surface area (Å²) in [4.78, 5) is 0. The van der Waals surface area contributed by atoms with Crippen molar-refractivity contribution >= 4 is 11.8 Å². The van der Waals surface area contributed by atoms with E-state index in [1.165, 1.54) is 11.8 Å². The van der Waals surface area contributed by atoms with Crippen LogP contribution >= 0.6 is 11.8 Å². The molecule has 0 aromatic heterocycles. The van der Waals surface area contributed by atoms with Crippen LogP contribution in [0.25, 0.3) is 0 Å². The van der Waals surface area contributed by atoms with Gasteiger partial charge in [-0.05, 0) is 6.26 Å². The second kappa shape index (κ2) is 7.71. The first kappa shape index (κ1) is 18.3. The summed E-state index contributed by atoms with van der Waals surface area (Å²) in [5, 5.41) is 58.3. The molecule has 0 spiro atoms. The molecule has 130 valence electrons. The summed E-state index contributed by atoms with van der Waals surface area (Å²) in [6.45, 7) is -0.584. The molecule has 0 saturated carbocycles. The van der Waals surface area contributed by atoms with Crippen molar-refractivity contribution < 1.29 is 44.8 Å². The molecule has 2 aliphatic heterocycles. The molecule has 0 bridgehead atoms. The van der Waals surface area contributed by atoms with Crippen LogP contribution in [0.2, 0.25) is 0 Å². The smallest absolute Gasteiger partial charge is 0.187 e. The summed E-state index contributed by atoms with van der Waals surface area (Å²) >= 11 is 1.41. The highest BCUT2D eigenvalue weighted by atomic mass is 32.2. The van der Waals surface area contributed by atoms with Crippen LogP contribution in [0.4, 0.5) is 0 Å². The predicted molar refractivity (Wildman–Crippen MR) is 73.9 cm³/mol. The van der Waals surface area contributed by atoms with Crippen molar-refractivity contribution in [2.45, 2.75) is 55.3 Å². The highest BCUT2D eigenvalue weighted by Crippen LogP contribution is 2.29. The lowest BCUT2D eigenvalue weighted by molar-refractivity contribution is -0.326. The lowest BCUT2D eigenvalue weighted by Gasteiger charge is -2.40. The number of rotatable bonds is 5. The normalized spacial score (nSPS) is 49.5. The van der Waals surface area contributed by atoms with Crippen molar-refractivity contribution in [2.75, 3.05) is 18.6 Å². The van der Waals surface area contributed by atoms with Gasteiger partial charge in [0.2, 0.25) is 0 Å². The zero-order valence-electron chi connectivity index (χ0n) is 11.9. The first-order chi connectivity index (χ1) is 10.4. The number of hydrogen-bond donors (Lipinski definition) is 6. The predicted octanol–water partition coefficient (Wildman–Crippen LogP) is -3.39. The molecule has 6 N–H and O–H groups in total. The van der Waals surface area contributed by atoms with Gasteiger partial charge in [0.1, 0.15) is 36.6 Å². The van der Waals surface area contributed by atoms with Crippen molar-refractivity contribution in [1.82, 2.24) is 0 Å². The zero-order valence-corrected chi connectivity index (χ0v) is 12.7. The van der Waals surface area contributed by atoms with Gasteiger partial charge in [-0.15, -0.1) is 0 Å². The minimum atomic E-state index is -1.62. The van der Waals surface area contributed by atoms with Crippen LogP contribution in [-0.4, -0.2) is 105 Å². The molecule has 0 amide bonds. The van der Waals surface area contributed by atoms with E-state index in [2.05, 4.69) is 0 Å². The Bertz CT molecular complexity index is 359. The molecule has 2 heterocycles. The average Bonchev–Trinajstić information content (AvgIpc) is 2.76. The van der Waals surface area contributed by atoms with Crippen LogP contribution in [0.1, 0.15) is 0 Å². The molecular formula is C12H22O9S. The number of thioether (sulfide) groups is 1. The lowest BCUT2D eigenvalue weighted by Crippen LogP contribution is -2.60. The van der Waals surface area contributed by atoms with Gasteiger partial charge in [0.15, 0.2) is 12.6 Å². The number of ether oxygens (including phenoxy) is 3. The summed E-state index contributed by atoms with van der Waals surface area (Å²) < 4.78 is 15.6. The highest BCUT2D eigenvalue weighted by Gasteiger charge is 2.49. The summed E-state index contributed by atoms with van der Waals surface area (Å²) in [6.07, 6.45) is -9.81. The molecule has 2 saturated heterocycles. The fourth-order valence-corrected chi connectivity index (χ4v) is 3.11. The molecule has 3 unspecified atom stereocenters. The fourth-order valence-electron chi connectivity index (χ4n) is 2.50. The molecule has 9 atom stereocenters. The second-order valence-corrected chi connectivity index (χ2v) is 6.22. The Morgan fingerprint density at radius 1 is 0.909 bits per heavy atom. The molecule has 10 heteroatoms. The van der Waals surface area contributed by atoms with Crippen molar-refractivity contribution in [3.05, 3.63) is 0 Å². The summed E-state index contributed by atoms with van der Waals surface area (Å²) in [5.41, 5.74) is 0. The maximum absolute atomic E-state index is 9.96. The Morgan fingerprint density at radius 3 is 2.14 bits per heavy atom. The molecule has 2 fully saturated rings.